The van der Waals surface area contributed by atoms with Crippen LogP contribution in [-0.2, 0) is 19.6 Å². The molecule has 3 N–H and O–H groups in total. The Balaban J connectivity index is 1.69. The first-order chi connectivity index (χ1) is 13.8. The van der Waals surface area contributed by atoms with E-state index in [4.69, 9.17) is 4.74 Å². The summed E-state index contributed by atoms with van der Waals surface area (Å²) in [5.41, 5.74) is 1.19. The number of nitrogens with zero attached hydrogens (tertiary/aromatic N) is 1. The van der Waals surface area contributed by atoms with E-state index < -0.39 is 10.0 Å². The van der Waals surface area contributed by atoms with Gasteiger partial charge in [-0.25, -0.2) is 8.42 Å². The molecule has 1 saturated heterocycles. The summed E-state index contributed by atoms with van der Waals surface area (Å²) in [6.45, 7) is 7.46. The third-order valence-corrected chi connectivity index (χ3v) is 8.21. The highest BCUT2D eigenvalue weighted by Gasteiger charge is 2.30. The molecule has 162 valence electrons. The minimum Gasteiger partial charge on any atom is -0.379 e. The summed E-state index contributed by atoms with van der Waals surface area (Å²) in [5, 5.41) is 5.08. The standard InChI is InChI=1S/C21H33N3O4S/c1-15-6-4-5-7-19(15)22-17(3)21(25)23-18-9-8-16(2)20(14-18)29(26,27)24-10-12-28-13-11-24/h8-9,14-15,17,19,22H,4-7,10-13H2,1-3H3,(H,23,25)/p+1/t15-,17-,19-/m0/s1. The first-order valence-electron chi connectivity index (χ1n) is 10.6. The predicted octanol–water partition coefficient (Wildman–Crippen LogP) is 1.49. The van der Waals surface area contributed by atoms with E-state index in [1.165, 1.54) is 23.6 Å². The van der Waals surface area contributed by atoms with Crippen LogP contribution in [-0.4, -0.2) is 57.0 Å². The number of rotatable bonds is 6. The molecule has 3 atom stereocenters. The number of ether oxygens (including phenoxy) is 1. The van der Waals surface area contributed by atoms with Crippen LogP contribution in [0.1, 0.15) is 45.1 Å². The van der Waals surface area contributed by atoms with E-state index in [0.29, 0.717) is 49.5 Å². The van der Waals surface area contributed by atoms with Crippen LogP contribution in [0.25, 0.3) is 0 Å². The summed E-state index contributed by atoms with van der Waals surface area (Å²) in [5.74, 6) is 0.519. The highest BCUT2D eigenvalue weighted by molar-refractivity contribution is 7.89. The zero-order chi connectivity index (χ0) is 21.0. The lowest BCUT2D eigenvalue weighted by Gasteiger charge is -2.28. The van der Waals surface area contributed by atoms with Crippen molar-refractivity contribution in [3.8, 4) is 0 Å². The minimum absolute atomic E-state index is 0.0960. The molecule has 0 bridgehead atoms. The van der Waals surface area contributed by atoms with Gasteiger partial charge in [0.25, 0.3) is 5.91 Å². The summed E-state index contributed by atoms with van der Waals surface area (Å²) in [7, 11) is -3.61. The quantitative estimate of drug-likeness (QED) is 0.724. The summed E-state index contributed by atoms with van der Waals surface area (Å²) < 4.78 is 32.8. The third-order valence-electron chi connectivity index (χ3n) is 6.17. The van der Waals surface area contributed by atoms with Crippen LogP contribution in [0, 0.1) is 12.8 Å². The SMILES string of the molecule is Cc1ccc(NC(=O)[C@H](C)[NH2+][C@H]2CCCC[C@@H]2C)cc1S(=O)(=O)N1CCOCC1. The maximum absolute atomic E-state index is 13.0. The average Bonchev–Trinajstić information content (AvgIpc) is 2.71. The Morgan fingerprint density at radius 2 is 1.93 bits per heavy atom. The molecule has 0 aromatic heterocycles. The van der Waals surface area contributed by atoms with Gasteiger partial charge in [0, 0.05) is 24.7 Å². The molecule has 29 heavy (non-hydrogen) atoms. The van der Waals surface area contributed by atoms with E-state index in [1.54, 1.807) is 25.1 Å². The van der Waals surface area contributed by atoms with E-state index in [0.717, 1.165) is 6.42 Å². The monoisotopic (exact) mass is 424 g/mol. The highest BCUT2D eigenvalue weighted by Crippen LogP contribution is 2.25. The maximum atomic E-state index is 13.0. The fraction of sp³-hybridized carbons (Fsp3) is 0.667. The number of anilines is 1. The van der Waals surface area contributed by atoms with Gasteiger partial charge in [0.05, 0.1) is 24.2 Å². The number of aryl methyl sites for hydroxylation is 1. The largest absolute Gasteiger partial charge is 0.379 e. The Labute approximate surface area is 174 Å². The zero-order valence-electron chi connectivity index (χ0n) is 17.7. The number of carbonyl (C=O) groups excluding carboxylic acids is 1. The molecule has 1 aromatic rings. The van der Waals surface area contributed by atoms with Crippen LogP contribution in [0.4, 0.5) is 5.69 Å². The molecular weight excluding hydrogens is 390 g/mol. The van der Waals surface area contributed by atoms with Gasteiger partial charge in [-0.05, 0) is 50.8 Å². The second-order valence-electron chi connectivity index (χ2n) is 8.39. The Morgan fingerprint density at radius 1 is 1.24 bits per heavy atom. The topological polar surface area (TPSA) is 92.3 Å². The molecule has 2 fully saturated rings. The Bertz CT molecular complexity index is 821. The molecule has 0 radical (unpaired) electrons. The fourth-order valence-electron chi connectivity index (χ4n) is 4.23. The van der Waals surface area contributed by atoms with Crippen molar-refractivity contribution in [3.05, 3.63) is 23.8 Å². The molecule has 1 saturated carbocycles. The molecule has 7 nitrogen and oxygen atoms in total. The van der Waals surface area contributed by atoms with Gasteiger partial charge in [-0.1, -0.05) is 19.4 Å². The minimum atomic E-state index is -3.61. The number of morpholine rings is 1. The molecule has 0 unspecified atom stereocenters. The molecule has 1 amide bonds. The Kier molecular flexibility index (Phi) is 7.32. The number of quaternary nitrogens is 1. The van der Waals surface area contributed by atoms with Gasteiger partial charge >= 0.3 is 0 Å². The van der Waals surface area contributed by atoms with E-state index in [2.05, 4.69) is 17.6 Å². The average molecular weight is 425 g/mol. The van der Waals surface area contributed by atoms with Crippen molar-refractivity contribution >= 4 is 21.6 Å². The van der Waals surface area contributed by atoms with Crippen LogP contribution >= 0.6 is 0 Å². The van der Waals surface area contributed by atoms with Crippen molar-refractivity contribution in [2.45, 2.75) is 63.4 Å². The smallest absolute Gasteiger partial charge is 0.282 e. The lowest BCUT2D eigenvalue weighted by molar-refractivity contribution is -0.714. The van der Waals surface area contributed by atoms with Crippen molar-refractivity contribution in [2.24, 2.45) is 5.92 Å². The zero-order valence-corrected chi connectivity index (χ0v) is 18.5. The Morgan fingerprint density at radius 3 is 2.62 bits per heavy atom. The molecule has 0 spiro atoms. The molecular formula is C21H34N3O4S+. The van der Waals surface area contributed by atoms with Crippen LogP contribution in [0.5, 0.6) is 0 Å². The van der Waals surface area contributed by atoms with Crippen molar-refractivity contribution in [1.82, 2.24) is 4.31 Å². The molecule has 1 aliphatic carbocycles. The number of sulfonamides is 1. The number of benzene rings is 1. The second kappa shape index (κ2) is 9.55. The van der Waals surface area contributed by atoms with Crippen LogP contribution in [0.2, 0.25) is 0 Å². The number of nitrogens with one attached hydrogen (secondary N) is 1. The first-order valence-corrected chi connectivity index (χ1v) is 12.1. The van der Waals surface area contributed by atoms with Crippen LogP contribution < -0.4 is 10.6 Å². The predicted molar refractivity (Wildman–Crippen MR) is 112 cm³/mol. The molecule has 1 aliphatic heterocycles. The maximum Gasteiger partial charge on any atom is 0.282 e. The van der Waals surface area contributed by atoms with E-state index >= 15 is 0 Å². The fourth-order valence-corrected chi connectivity index (χ4v) is 5.89. The van der Waals surface area contributed by atoms with Crippen molar-refractivity contribution in [3.63, 3.8) is 0 Å². The van der Waals surface area contributed by atoms with E-state index in [-0.39, 0.29) is 16.8 Å². The van der Waals surface area contributed by atoms with E-state index in [9.17, 15) is 13.2 Å². The van der Waals surface area contributed by atoms with Crippen molar-refractivity contribution in [2.75, 3.05) is 31.6 Å². The van der Waals surface area contributed by atoms with Gasteiger partial charge < -0.3 is 15.4 Å². The molecule has 2 aliphatic rings. The lowest BCUT2D eigenvalue weighted by atomic mass is 9.85. The number of carbonyl (C=O) groups is 1. The van der Waals surface area contributed by atoms with Crippen molar-refractivity contribution < 1.29 is 23.3 Å². The van der Waals surface area contributed by atoms with Gasteiger partial charge in [0.15, 0.2) is 6.04 Å². The number of hydrogen-bond donors (Lipinski definition) is 2. The van der Waals surface area contributed by atoms with Gasteiger partial charge in [0.1, 0.15) is 0 Å². The lowest BCUT2D eigenvalue weighted by Crippen LogP contribution is -2.97. The van der Waals surface area contributed by atoms with Gasteiger partial charge in [-0.3, -0.25) is 4.79 Å². The van der Waals surface area contributed by atoms with Gasteiger partial charge in [-0.15, -0.1) is 0 Å². The summed E-state index contributed by atoms with van der Waals surface area (Å²) in [6, 6.07) is 5.34. The summed E-state index contributed by atoms with van der Waals surface area (Å²) >= 11 is 0. The molecule has 1 aromatic carbocycles. The van der Waals surface area contributed by atoms with Crippen LogP contribution in [0.3, 0.4) is 0 Å². The number of amides is 1. The van der Waals surface area contributed by atoms with Crippen molar-refractivity contribution in [1.29, 1.82) is 0 Å². The van der Waals surface area contributed by atoms with Crippen LogP contribution in [0.15, 0.2) is 23.1 Å². The summed E-state index contributed by atoms with van der Waals surface area (Å²) in [4.78, 5) is 13.0. The van der Waals surface area contributed by atoms with Gasteiger partial charge in [-0.2, -0.15) is 4.31 Å². The number of hydrogen-bond acceptors (Lipinski definition) is 4. The third kappa shape index (κ3) is 5.36. The molecule has 3 rings (SSSR count). The summed E-state index contributed by atoms with van der Waals surface area (Å²) in [6.07, 6.45) is 4.86. The van der Waals surface area contributed by atoms with Gasteiger partial charge in [0.2, 0.25) is 10.0 Å². The molecule has 1 heterocycles. The van der Waals surface area contributed by atoms with E-state index in [1.807, 2.05) is 6.92 Å². The first kappa shape index (κ1) is 22.2. The normalized spacial score (nSPS) is 24.8. The number of nitrogens with two attached hydrogens (primary N) is 1. The highest BCUT2D eigenvalue weighted by atomic mass is 32.2. The second-order valence-corrected chi connectivity index (χ2v) is 10.3. The Hall–Kier alpha value is -1.48. The molecule has 8 heteroatoms.